The van der Waals surface area contributed by atoms with E-state index >= 15 is 0 Å². The van der Waals surface area contributed by atoms with Gasteiger partial charge in [-0.05, 0) is 25.1 Å². The number of alkyl halides is 3. The van der Waals surface area contributed by atoms with Crippen LogP contribution in [0.15, 0.2) is 35.1 Å². The number of carbonyl (C=O) groups is 1. The minimum absolute atomic E-state index is 0.112. The number of halogens is 3. The van der Waals surface area contributed by atoms with E-state index in [-0.39, 0.29) is 17.9 Å². The Bertz CT molecular complexity index is 716. The van der Waals surface area contributed by atoms with E-state index in [1.807, 2.05) is 5.10 Å². The molecule has 21 heavy (non-hydrogen) atoms. The molecule has 0 saturated carbocycles. The van der Waals surface area contributed by atoms with Gasteiger partial charge in [0.25, 0.3) is 5.56 Å². The quantitative estimate of drug-likeness (QED) is 0.885. The molecule has 0 aliphatic rings. The van der Waals surface area contributed by atoms with Crippen molar-refractivity contribution in [1.29, 1.82) is 0 Å². The molecule has 2 rings (SSSR count). The van der Waals surface area contributed by atoms with Gasteiger partial charge in [-0.25, -0.2) is 9.48 Å². The molecule has 0 aliphatic carbocycles. The third-order valence-corrected chi connectivity index (χ3v) is 2.64. The molecule has 1 heterocycles. The zero-order valence-corrected chi connectivity index (χ0v) is 10.9. The lowest BCUT2D eigenvalue weighted by atomic mass is 10.2. The number of carbonyl (C=O) groups excluding carboxylic acids is 1. The first-order valence-corrected chi connectivity index (χ1v) is 5.99. The van der Waals surface area contributed by atoms with Crippen LogP contribution in [0.5, 0.6) is 0 Å². The molecule has 5 nitrogen and oxygen atoms in total. The SMILES string of the molecule is CCOC(=O)c1cccc(-n2[nH]c(C(F)(F)F)cc2=O)c1. The molecule has 112 valence electrons. The summed E-state index contributed by atoms with van der Waals surface area (Å²) in [5.41, 5.74) is -1.78. The summed E-state index contributed by atoms with van der Waals surface area (Å²) in [5, 5.41) is 1.96. The van der Waals surface area contributed by atoms with Gasteiger partial charge in [-0.1, -0.05) is 6.07 Å². The fourth-order valence-corrected chi connectivity index (χ4v) is 1.72. The van der Waals surface area contributed by atoms with E-state index in [1.165, 1.54) is 24.3 Å². The lowest BCUT2D eigenvalue weighted by Crippen LogP contribution is -2.14. The Morgan fingerprint density at radius 1 is 1.33 bits per heavy atom. The average Bonchev–Trinajstić information content (AvgIpc) is 2.81. The maximum atomic E-state index is 12.5. The Labute approximate surface area is 116 Å². The number of nitrogens with one attached hydrogen (secondary N) is 1. The molecule has 0 spiro atoms. The largest absolute Gasteiger partial charge is 0.462 e. The van der Waals surface area contributed by atoms with Crippen molar-refractivity contribution < 1.29 is 22.7 Å². The molecule has 0 fully saturated rings. The van der Waals surface area contributed by atoms with Crippen molar-refractivity contribution in [2.45, 2.75) is 13.1 Å². The molecule has 0 aliphatic heterocycles. The topological polar surface area (TPSA) is 64.1 Å². The summed E-state index contributed by atoms with van der Waals surface area (Å²) >= 11 is 0. The second-order valence-corrected chi connectivity index (χ2v) is 4.11. The third-order valence-electron chi connectivity index (χ3n) is 2.64. The third kappa shape index (κ3) is 3.15. The number of benzene rings is 1. The van der Waals surface area contributed by atoms with E-state index in [9.17, 15) is 22.8 Å². The molecule has 1 aromatic heterocycles. The number of rotatable bonds is 3. The van der Waals surface area contributed by atoms with Crippen LogP contribution >= 0.6 is 0 Å². The zero-order chi connectivity index (χ0) is 15.6. The predicted octanol–water partition coefficient (Wildman–Crippen LogP) is 2.36. The van der Waals surface area contributed by atoms with Gasteiger partial charge in [0, 0.05) is 6.07 Å². The normalized spacial score (nSPS) is 11.4. The fourth-order valence-electron chi connectivity index (χ4n) is 1.72. The summed E-state index contributed by atoms with van der Waals surface area (Å²) in [7, 11) is 0. The van der Waals surface area contributed by atoms with Gasteiger partial charge in [-0.15, -0.1) is 0 Å². The van der Waals surface area contributed by atoms with Gasteiger partial charge in [0.1, 0.15) is 5.69 Å². The highest BCUT2D eigenvalue weighted by Crippen LogP contribution is 2.26. The molecule has 0 bridgehead atoms. The number of hydrogen-bond donors (Lipinski definition) is 1. The molecule has 0 saturated heterocycles. The van der Waals surface area contributed by atoms with Crippen LogP contribution in [0.3, 0.4) is 0 Å². The molecule has 1 N–H and O–H groups in total. The predicted molar refractivity (Wildman–Crippen MR) is 67.3 cm³/mol. The van der Waals surface area contributed by atoms with Gasteiger partial charge in [-0.2, -0.15) is 13.2 Å². The van der Waals surface area contributed by atoms with Crippen LogP contribution in [0.1, 0.15) is 23.0 Å². The highest BCUT2D eigenvalue weighted by atomic mass is 19.4. The summed E-state index contributed by atoms with van der Waals surface area (Å²) in [6, 6.07) is 6.02. The maximum Gasteiger partial charge on any atom is 0.432 e. The van der Waals surface area contributed by atoms with E-state index in [4.69, 9.17) is 4.74 Å². The smallest absolute Gasteiger partial charge is 0.432 e. The number of esters is 1. The zero-order valence-electron chi connectivity index (χ0n) is 10.9. The van der Waals surface area contributed by atoms with Gasteiger partial charge in [-0.3, -0.25) is 9.89 Å². The first-order valence-electron chi connectivity index (χ1n) is 5.99. The van der Waals surface area contributed by atoms with Gasteiger partial charge >= 0.3 is 12.1 Å². The van der Waals surface area contributed by atoms with Crippen molar-refractivity contribution in [2.24, 2.45) is 0 Å². The number of ether oxygens (including phenoxy) is 1. The molecule has 2 aromatic rings. The van der Waals surface area contributed by atoms with Gasteiger partial charge in [0.05, 0.1) is 17.9 Å². The molecule has 1 aromatic carbocycles. The number of hydrogen-bond acceptors (Lipinski definition) is 3. The van der Waals surface area contributed by atoms with Crippen molar-refractivity contribution in [1.82, 2.24) is 9.78 Å². The van der Waals surface area contributed by atoms with Crippen LogP contribution in [0.4, 0.5) is 13.2 Å². The highest BCUT2D eigenvalue weighted by Gasteiger charge is 2.33. The summed E-state index contributed by atoms with van der Waals surface area (Å²) in [6.45, 7) is 1.80. The van der Waals surface area contributed by atoms with E-state index in [1.54, 1.807) is 6.92 Å². The summed E-state index contributed by atoms with van der Waals surface area (Å²) < 4.78 is 43.1. The molecule has 0 unspecified atom stereocenters. The van der Waals surface area contributed by atoms with Gasteiger partial charge < -0.3 is 4.74 Å². The molecule has 0 amide bonds. The Balaban J connectivity index is 2.44. The average molecular weight is 300 g/mol. The molecular weight excluding hydrogens is 289 g/mol. The number of aromatic amines is 1. The van der Waals surface area contributed by atoms with Crippen molar-refractivity contribution in [3.05, 3.63) is 51.9 Å². The fraction of sp³-hybridized carbons (Fsp3) is 0.231. The second-order valence-electron chi connectivity index (χ2n) is 4.11. The van der Waals surface area contributed by atoms with Crippen LogP contribution in [0.25, 0.3) is 5.69 Å². The van der Waals surface area contributed by atoms with Gasteiger partial charge in [0.15, 0.2) is 0 Å². The molecule has 0 atom stereocenters. The monoisotopic (exact) mass is 300 g/mol. The van der Waals surface area contributed by atoms with Crippen molar-refractivity contribution in [3.8, 4) is 5.69 Å². The Morgan fingerprint density at radius 2 is 2.05 bits per heavy atom. The number of nitrogens with zero attached hydrogens (tertiary/aromatic N) is 1. The Morgan fingerprint density at radius 3 is 2.62 bits per heavy atom. The highest BCUT2D eigenvalue weighted by molar-refractivity contribution is 5.90. The van der Waals surface area contributed by atoms with Gasteiger partial charge in [0.2, 0.25) is 0 Å². The molecule has 0 radical (unpaired) electrons. The van der Waals surface area contributed by atoms with Crippen molar-refractivity contribution in [2.75, 3.05) is 6.61 Å². The van der Waals surface area contributed by atoms with E-state index in [0.29, 0.717) is 10.7 Å². The standard InChI is InChI=1S/C13H11F3N2O3/c1-2-21-12(20)8-4-3-5-9(6-8)18-11(19)7-10(17-18)13(14,15)16/h3-7,17H,2H2,1H3. The molecular formula is C13H11F3N2O3. The second kappa shape index (κ2) is 5.47. The summed E-state index contributed by atoms with van der Waals surface area (Å²) in [6.07, 6.45) is -4.65. The number of H-pyrrole nitrogens is 1. The van der Waals surface area contributed by atoms with E-state index in [0.717, 1.165) is 0 Å². The van der Waals surface area contributed by atoms with Crippen molar-refractivity contribution in [3.63, 3.8) is 0 Å². The first kappa shape index (κ1) is 14.9. The Kier molecular flexibility index (Phi) is 3.88. The van der Waals surface area contributed by atoms with Crippen LogP contribution in [-0.4, -0.2) is 22.4 Å². The number of aromatic nitrogens is 2. The van der Waals surface area contributed by atoms with Crippen LogP contribution in [0, 0.1) is 0 Å². The summed E-state index contributed by atoms with van der Waals surface area (Å²) in [5.74, 6) is -0.616. The van der Waals surface area contributed by atoms with E-state index < -0.39 is 23.4 Å². The maximum absolute atomic E-state index is 12.5. The minimum atomic E-state index is -4.65. The van der Waals surface area contributed by atoms with Crippen molar-refractivity contribution >= 4 is 5.97 Å². The first-order chi connectivity index (χ1) is 9.82. The molecule has 8 heteroatoms. The van der Waals surface area contributed by atoms with Crippen LogP contribution in [-0.2, 0) is 10.9 Å². The van der Waals surface area contributed by atoms with Crippen LogP contribution < -0.4 is 5.56 Å². The van der Waals surface area contributed by atoms with Crippen LogP contribution in [0.2, 0.25) is 0 Å². The minimum Gasteiger partial charge on any atom is -0.462 e. The Hall–Kier alpha value is -2.51. The summed E-state index contributed by atoms with van der Waals surface area (Å²) in [4.78, 5) is 23.2. The lowest BCUT2D eigenvalue weighted by Gasteiger charge is -2.06. The lowest BCUT2D eigenvalue weighted by molar-refractivity contribution is -0.141. The van der Waals surface area contributed by atoms with E-state index in [2.05, 4.69) is 0 Å².